The highest BCUT2D eigenvalue weighted by Crippen LogP contribution is 2.30. The van der Waals surface area contributed by atoms with Crippen LogP contribution in [-0.4, -0.2) is 28.6 Å². The van der Waals surface area contributed by atoms with Gasteiger partial charge in [0.25, 0.3) is 0 Å². The Morgan fingerprint density at radius 1 is 1.33 bits per heavy atom. The van der Waals surface area contributed by atoms with Gasteiger partial charge in [-0.25, -0.2) is 13.1 Å². The van der Waals surface area contributed by atoms with Crippen molar-refractivity contribution in [1.29, 1.82) is 0 Å². The Morgan fingerprint density at radius 2 is 2.00 bits per heavy atom. The largest absolute Gasteiger partial charge is 0.397 e. The first-order chi connectivity index (χ1) is 9.94. The highest BCUT2D eigenvalue weighted by Gasteiger charge is 2.20. The van der Waals surface area contributed by atoms with Crippen LogP contribution in [0.4, 0.5) is 11.4 Å². The molecule has 0 aliphatic heterocycles. The second-order valence-electron chi connectivity index (χ2n) is 5.75. The fourth-order valence-electron chi connectivity index (χ4n) is 2.97. The van der Waals surface area contributed by atoms with E-state index in [0.29, 0.717) is 18.2 Å². The van der Waals surface area contributed by atoms with Crippen LogP contribution in [0.15, 0.2) is 23.1 Å². The van der Waals surface area contributed by atoms with E-state index in [2.05, 4.69) is 9.62 Å². The lowest BCUT2D eigenvalue weighted by Gasteiger charge is -2.25. The molecule has 6 heteroatoms. The molecule has 21 heavy (non-hydrogen) atoms. The van der Waals surface area contributed by atoms with Crippen molar-refractivity contribution in [2.45, 2.75) is 37.5 Å². The van der Waals surface area contributed by atoms with Crippen molar-refractivity contribution < 1.29 is 8.42 Å². The molecule has 118 valence electrons. The number of sulfonamides is 1. The third-order valence-corrected chi connectivity index (χ3v) is 5.61. The Bertz CT molecular complexity index is 581. The van der Waals surface area contributed by atoms with Crippen LogP contribution < -0.4 is 15.4 Å². The molecule has 1 aliphatic rings. The van der Waals surface area contributed by atoms with E-state index in [-0.39, 0.29) is 4.90 Å². The molecule has 1 aromatic carbocycles. The fourth-order valence-corrected chi connectivity index (χ4v) is 4.03. The predicted octanol–water partition coefficient (Wildman–Crippen LogP) is 2.19. The van der Waals surface area contributed by atoms with Crippen LogP contribution in [0, 0.1) is 5.92 Å². The summed E-state index contributed by atoms with van der Waals surface area (Å²) in [7, 11) is -1.46. The second-order valence-corrected chi connectivity index (χ2v) is 7.52. The molecule has 1 aromatic rings. The molecule has 0 amide bonds. The van der Waals surface area contributed by atoms with Crippen LogP contribution in [0.25, 0.3) is 0 Å². The molecule has 0 radical (unpaired) electrons. The molecule has 0 aromatic heterocycles. The van der Waals surface area contributed by atoms with E-state index in [9.17, 15) is 8.42 Å². The number of rotatable bonds is 6. The maximum absolute atomic E-state index is 12.1. The van der Waals surface area contributed by atoms with Gasteiger partial charge in [0.15, 0.2) is 0 Å². The van der Waals surface area contributed by atoms with E-state index in [1.54, 1.807) is 25.1 Å². The topological polar surface area (TPSA) is 75.4 Å². The Kier molecular flexibility index (Phi) is 5.11. The molecule has 0 atom stereocenters. The Morgan fingerprint density at radius 3 is 2.62 bits per heavy atom. The summed E-state index contributed by atoms with van der Waals surface area (Å²) in [6, 6.07) is 4.90. The van der Waals surface area contributed by atoms with Crippen LogP contribution in [0.1, 0.15) is 32.6 Å². The summed E-state index contributed by atoms with van der Waals surface area (Å²) < 4.78 is 26.7. The van der Waals surface area contributed by atoms with E-state index >= 15 is 0 Å². The first-order valence-corrected chi connectivity index (χ1v) is 9.02. The molecule has 1 saturated carbocycles. The second kappa shape index (κ2) is 6.66. The molecule has 0 heterocycles. The zero-order valence-electron chi connectivity index (χ0n) is 12.8. The maximum Gasteiger partial charge on any atom is 0.240 e. The van der Waals surface area contributed by atoms with Gasteiger partial charge < -0.3 is 10.6 Å². The number of nitrogens with zero attached hydrogens (tertiary/aromatic N) is 1. The quantitative estimate of drug-likeness (QED) is 0.790. The Balaban J connectivity index is 2.22. The van der Waals surface area contributed by atoms with E-state index in [0.717, 1.165) is 12.2 Å². The van der Waals surface area contributed by atoms with E-state index in [1.165, 1.54) is 25.7 Å². The molecule has 2 rings (SSSR count). The minimum absolute atomic E-state index is 0.270. The van der Waals surface area contributed by atoms with Gasteiger partial charge in [-0.2, -0.15) is 0 Å². The summed E-state index contributed by atoms with van der Waals surface area (Å²) in [5.41, 5.74) is 7.43. The molecule has 3 N–H and O–H groups in total. The number of hydrogen-bond acceptors (Lipinski definition) is 4. The van der Waals surface area contributed by atoms with Crippen molar-refractivity contribution in [3.8, 4) is 0 Å². The summed E-state index contributed by atoms with van der Waals surface area (Å²) in [6.45, 7) is 3.07. The summed E-state index contributed by atoms with van der Waals surface area (Å²) in [4.78, 5) is 2.35. The van der Waals surface area contributed by atoms with Gasteiger partial charge in [-0.05, 0) is 37.0 Å². The minimum atomic E-state index is -3.44. The van der Waals surface area contributed by atoms with Crippen LogP contribution in [0.2, 0.25) is 0 Å². The summed E-state index contributed by atoms with van der Waals surface area (Å²) in [5, 5.41) is 0. The summed E-state index contributed by atoms with van der Waals surface area (Å²) in [5.74, 6) is 0.684. The van der Waals surface area contributed by atoms with Crippen LogP contribution >= 0.6 is 0 Å². The molecular weight excluding hydrogens is 286 g/mol. The predicted molar refractivity (Wildman–Crippen MR) is 86.9 cm³/mol. The van der Waals surface area contributed by atoms with Crippen LogP contribution in [0.3, 0.4) is 0 Å². The summed E-state index contributed by atoms with van der Waals surface area (Å²) in [6.07, 6.45) is 5.09. The number of nitrogen functional groups attached to an aromatic ring is 1. The third kappa shape index (κ3) is 3.89. The molecule has 0 bridgehead atoms. The standard InChI is InChI=1S/C15H25N3O2S/c1-3-17-21(19,20)13-8-9-14(16)15(10-13)18(2)11-12-6-4-5-7-12/h8-10,12,17H,3-7,11,16H2,1-2H3. The minimum Gasteiger partial charge on any atom is -0.397 e. The Hall–Kier alpha value is -1.27. The van der Waals surface area contributed by atoms with Crippen molar-refractivity contribution in [1.82, 2.24) is 4.72 Å². The van der Waals surface area contributed by atoms with Crippen molar-refractivity contribution >= 4 is 21.4 Å². The van der Waals surface area contributed by atoms with E-state index in [4.69, 9.17) is 5.73 Å². The van der Waals surface area contributed by atoms with Gasteiger partial charge in [0.05, 0.1) is 16.3 Å². The number of nitrogens with two attached hydrogens (primary N) is 1. The lowest BCUT2D eigenvalue weighted by Crippen LogP contribution is -2.26. The zero-order valence-corrected chi connectivity index (χ0v) is 13.6. The SMILES string of the molecule is CCNS(=O)(=O)c1ccc(N)c(N(C)CC2CCCC2)c1. The van der Waals surface area contributed by atoms with E-state index < -0.39 is 10.0 Å². The highest BCUT2D eigenvalue weighted by molar-refractivity contribution is 7.89. The van der Waals surface area contributed by atoms with Gasteiger partial charge >= 0.3 is 0 Å². The van der Waals surface area contributed by atoms with Crippen LogP contribution in [-0.2, 0) is 10.0 Å². The zero-order chi connectivity index (χ0) is 15.5. The van der Waals surface area contributed by atoms with Crippen LogP contribution in [0.5, 0.6) is 0 Å². The summed E-state index contributed by atoms with van der Waals surface area (Å²) >= 11 is 0. The molecule has 0 spiro atoms. The molecular formula is C15H25N3O2S. The van der Waals surface area contributed by atoms with Crippen molar-refractivity contribution in [3.05, 3.63) is 18.2 Å². The normalized spacial score (nSPS) is 16.3. The van der Waals surface area contributed by atoms with Gasteiger partial charge in [-0.3, -0.25) is 0 Å². The molecule has 5 nitrogen and oxygen atoms in total. The van der Waals surface area contributed by atoms with Crippen molar-refractivity contribution in [2.75, 3.05) is 30.8 Å². The third-order valence-electron chi connectivity index (χ3n) is 4.06. The average Bonchev–Trinajstić information content (AvgIpc) is 2.91. The first kappa shape index (κ1) is 16.1. The van der Waals surface area contributed by atoms with Gasteiger partial charge in [0, 0.05) is 20.1 Å². The number of anilines is 2. The number of nitrogens with one attached hydrogen (secondary N) is 1. The Labute approximate surface area is 127 Å². The molecule has 1 aliphatic carbocycles. The highest BCUT2D eigenvalue weighted by atomic mass is 32.2. The number of hydrogen-bond donors (Lipinski definition) is 2. The fraction of sp³-hybridized carbons (Fsp3) is 0.600. The van der Waals surface area contributed by atoms with Gasteiger partial charge in [0.2, 0.25) is 10.0 Å². The monoisotopic (exact) mass is 311 g/mol. The molecule has 0 unspecified atom stereocenters. The lowest BCUT2D eigenvalue weighted by atomic mass is 10.1. The van der Waals surface area contributed by atoms with Gasteiger partial charge in [-0.1, -0.05) is 19.8 Å². The lowest BCUT2D eigenvalue weighted by molar-refractivity contribution is 0.547. The van der Waals surface area contributed by atoms with Crippen molar-refractivity contribution in [2.24, 2.45) is 5.92 Å². The smallest absolute Gasteiger partial charge is 0.240 e. The first-order valence-electron chi connectivity index (χ1n) is 7.54. The van der Waals surface area contributed by atoms with E-state index in [1.807, 2.05) is 7.05 Å². The van der Waals surface area contributed by atoms with Crippen molar-refractivity contribution in [3.63, 3.8) is 0 Å². The maximum atomic E-state index is 12.1. The van der Waals surface area contributed by atoms with Gasteiger partial charge in [0.1, 0.15) is 0 Å². The molecule has 1 fully saturated rings. The number of benzene rings is 1. The van der Waals surface area contributed by atoms with Gasteiger partial charge in [-0.15, -0.1) is 0 Å². The molecule has 0 saturated heterocycles. The average molecular weight is 311 g/mol.